The smallest absolute Gasteiger partial charge is 0.283 e. The van der Waals surface area contributed by atoms with Crippen molar-refractivity contribution >= 4 is 27.8 Å². The van der Waals surface area contributed by atoms with E-state index in [-0.39, 0.29) is 24.1 Å². The van der Waals surface area contributed by atoms with Crippen LogP contribution in [0, 0.1) is 6.92 Å². The molecular weight excluding hydrogens is 446 g/mol. The molecule has 0 radical (unpaired) electrons. The first-order valence-electron chi connectivity index (χ1n) is 9.20. The molecule has 0 unspecified atom stereocenters. The molecule has 2 heterocycles. The Bertz CT molecular complexity index is 1030. The van der Waals surface area contributed by atoms with Gasteiger partial charge < -0.3 is 0 Å². The number of hydrogen-bond donors (Lipinski definition) is 1. The van der Waals surface area contributed by atoms with Gasteiger partial charge in [-0.1, -0.05) is 29.8 Å². The fraction of sp³-hybridized carbons (Fsp3) is 0.368. The molecule has 0 spiro atoms. The maximum atomic E-state index is 13.2. The summed E-state index contributed by atoms with van der Waals surface area (Å²) in [5, 5.41) is 10.8. The van der Waals surface area contributed by atoms with Crippen molar-refractivity contribution in [3.8, 4) is 0 Å². The number of rotatable bonds is 7. The first kappa shape index (κ1) is 19.7. The molecule has 0 bridgehead atoms. The van der Waals surface area contributed by atoms with Crippen LogP contribution in [0.1, 0.15) is 47.7 Å². The average Bonchev–Trinajstić information content (AvgIpc) is 3.32. The van der Waals surface area contributed by atoms with Crippen LogP contribution in [0.15, 0.2) is 35.1 Å². The van der Waals surface area contributed by atoms with Gasteiger partial charge >= 0.3 is 0 Å². The van der Waals surface area contributed by atoms with E-state index in [4.69, 9.17) is 0 Å². The van der Waals surface area contributed by atoms with E-state index in [0.29, 0.717) is 16.7 Å². The van der Waals surface area contributed by atoms with E-state index in [1.807, 2.05) is 31.2 Å². The number of nitrogens with one attached hydrogen (secondary N) is 1. The second kappa shape index (κ2) is 8.02. The summed E-state index contributed by atoms with van der Waals surface area (Å²) in [4.78, 5) is 16.5. The van der Waals surface area contributed by atoms with Crippen molar-refractivity contribution in [1.82, 2.24) is 24.5 Å². The second-order valence-electron chi connectivity index (χ2n) is 7.12. The van der Waals surface area contributed by atoms with Crippen LogP contribution in [0.2, 0.25) is 0 Å². The number of hydrogen-bond acceptors (Lipinski definition) is 4. The lowest BCUT2D eigenvalue weighted by molar-refractivity contribution is -0.117. The van der Waals surface area contributed by atoms with Gasteiger partial charge in [0.15, 0.2) is 0 Å². The van der Waals surface area contributed by atoms with E-state index >= 15 is 0 Å². The van der Waals surface area contributed by atoms with Crippen LogP contribution in [0.5, 0.6) is 0 Å². The Morgan fingerprint density at radius 2 is 2.00 bits per heavy atom. The number of nitrogens with zero attached hydrogens (tertiary/aromatic N) is 5. The summed E-state index contributed by atoms with van der Waals surface area (Å²) in [6.45, 7) is 2.37. The zero-order valence-electron chi connectivity index (χ0n) is 15.6. The second-order valence-corrected chi connectivity index (χ2v) is 7.91. The molecule has 1 fully saturated rings. The molecule has 1 aromatic carbocycles. The summed E-state index contributed by atoms with van der Waals surface area (Å²) in [7, 11) is 0. The summed E-state index contributed by atoms with van der Waals surface area (Å²) in [6.07, 6.45) is 0.634. The Morgan fingerprint density at radius 1 is 1.28 bits per heavy atom. The third-order valence-corrected chi connectivity index (χ3v) is 5.49. The third kappa shape index (κ3) is 4.52. The van der Waals surface area contributed by atoms with Gasteiger partial charge in [0.05, 0.1) is 16.7 Å². The SMILES string of the molecule is Cc1ccc(Cn2cnc(NC(=O)Cn3nc(C(F)F)c(Br)c3C3CC3)n2)cc1. The molecule has 1 N–H and O–H groups in total. The van der Waals surface area contributed by atoms with Gasteiger partial charge in [0.2, 0.25) is 11.9 Å². The van der Waals surface area contributed by atoms with Gasteiger partial charge in [0.25, 0.3) is 6.43 Å². The number of benzene rings is 1. The van der Waals surface area contributed by atoms with Gasteiger partial charge in [0, 0.05) is 5.92 Å². The van der Waals surface area contributed by atoms with Gasteiger partial charge in [-0.15, -0.1) is 5.10 Å². The lowest BCUT2D eigenvalue weighted by atomic mass is 10.1. The summed E-state index contributed by atoms with van der Waals surface area (Å²) >= 11 is 3.22. The van der Waals surface area contributed by atoms with E-state index in [9.17, 15) is 13.6 Å². The standard InChI is InChI=1S/C19H19BrF2N6O/c1-11-2-4-12(5-3-11)8-27-10-23-19(26-27)24-14(29)9-28-17(13-6-7-13)15(20)16(25-28)18(21)22/h2-5,10,13,18H,6-9H2,1H3,(H,24,26,29). The van der Waals surface area contributed by atoms with E-state index < -0.39 is 12.3 Å². The van der Waals surface area contributed by atoms with Crippen LogP contribution < -0.4 is 5.32 Å². The molecule has 3 aromatic rings. The third-order valence-electron chi connectivity index (χ3n) is 4.67. The van der Waals surface area contributed by atoms with E-state index in [1.165, 1.54) is 16.6 Å². The van der Waals surface area contributed by atoms with Crippen LogP contribution in [0.25, 0.3) is 0 Å². The number of carbonyl (C=O) groups is 1. The largest absolute Gasteiger partial charge is 0.292 e. The number of aromatic nitrogens is 5. The van der Waals surface area contributed by atoms with Crippen LogP contribution >= 0.6 is 15.9 Å². The zero-order chi connectivity index (χ0) is 20.5. The Labute approximate surface area is 174 Å². The Balaban J connectivity index is 1.42. The zero-order valence-corrected chi connectivity index (χ0v) is 17.2. The molecule has 1 aliphatic rings. The van der Waals surface area contributed by atoms with Gasteiger partial charge in [-0.05, 0) is 41.3 Å². The van der Waals surface area contributed by atoms with Crippen molar-refractivity contribution in [2.75, 3.05) is 5.32 Å². The molecule has 2 aromatic heterocycles. The number of alkyl halides is 2. The minimum absolute atomic E-state index is 0.156. The maximum absolute atomic E-state index is 13.2. The van der Waals surface area contributed by atoms with Crippen molar-refractivity contribution in [2.24, 2.45) is 0 Å². The number of halogens is 3. The number of anilines is 1. The minimum atomic E-state index is -2.70. The molecule has 0 saturated heterocycles. The fourth-order valence-electron chi connectivity index (χ4n) is 3.09. The van der Waals surface area contributed by atoms with Gasteiger partial charge in [-0.2, -0.15) is 5.10 Å². The van der Waals surface area contributed by atoms with Gasteiger partial charge in [-0.25, -0.2) is 18.4 Å². The minimum Gasteiger partial charge on any atom is -0.292 e. The number of aryl methyl sites for hydroxylation is 1. The molecule has 0 atom stereocenters. The topological polar surface area (TPSA) is 77.6 Å². The molecule has 4 rings (SSSR count). The predicted octanol–water partition coefficient (Wildman–Crippen LogP) is 4.05. The normalized spacial score (nSPS) is 13.8. The lowest BCUT2D eigenvalue weighted by Crippen LogP contribution is -2.21. The molecule has 7 nitrogen and oxygen atoms in total. The summed E-state index contributed by atoms with van der Waals surface area (Å²) < 4.78 is 29.6. The quantitative estimate of drug-likeness (QED) is 0.572. The maximum Gasteiger partial charge on any atom is 0.283 e. The molecule has 1 amide bonds. The highest BCUT2D eigenvalue weighted by Crippen LogP contribution is 2.45. The van der Waals surface area contributed by atoms with Gasteiger partial charge in [-0.3, -0.25) is 14.8 Å². The van der Waals surface area contributed by atoms with Crippen molar-refractivity contribution < 1.29 is 13.6 Å². The molecule has 29 heavy (non-hydrogen) atoms. The van der Waals surface area contributed by atoms with Crippen molar-refractivity contribution in [2.45, 2.75) is 45.2 Å². The highest BCUT2D eigenvalue weighted by atomic mass is 79.9. The van der Waals surface area contributed by atoms with Crippen LogP contribution in [-0.4, -0.2) is 30.5 Å². The summed E-state index contributed by atoms with van der Waals surface area (Å²) in [6, 6.07) is 8.04. The molecular formula is C19H19BrF2N6O. The number of amides is 1. The van der Waals surface area contributed by atoms with Crippen LogP contribution in [0.4, 0.5) is 14.7 Å². The van der Waals surface area contributed by atoms with E-state index in [1.54, 1.807) is 4.68 Å². The monoisotopic (exact) mass is 464 g/mol. The molecule has 1 aliphatic carbocycles. The fourth-order valence-corrected chi connectivity index (χ4v) is 3.87. The molecule has 10 heteroatoms. The lowest BCUT2D eigenvalue weighted by Gasteiger charge is -2.06. The number of carbonyl (C=O) groups excluding carboxylic acids is 1. The molecule has 0 aliphatic heterocycles. The highest BCUT2D eigenvalue weighted by molar-refractivity contribution is 9.10. The van der Waals surface area contributed by atoms with E-state index in [0.717, 1.165) is 18.4 Å². The first-order chi connectivity index (χ1) is 13.9. The molecule has 1 saturated carbocycles. The summed E-state index contributed by atoms with van der Waals surface area (Å²) in [5.41, 5.74) is 2.55. The molecule has 152 valence electrons. The van der Waals surface area contributed by atoms with Crippen LogP contribution in [0.3, 0.4) is 0 Å². The van der Waals surface area contributed by atoms with Crippen molar-refractivity contribution in [3.05, 3.63) is 57.6 Å². The first-order valence-corrected chi connectivity index (χ1v) is 9.99. The Morgan fingerprint density at radius 3 is 2.66 bits per heavy atom. The predicted molar refractivity (Wildman–Crippen MR) is 106 cm³/mol. The van der Waals surface area contributed by atoms with Crippen LogP contribution in [-0.2, 0) is 17.9 Å². The highest BCUT2D eigenvalue weighted by Gasteiger charge is 2.34. The van der Waals surface area contributed by atoms with Crippen molar-refractivity contribution in [3.63, 3.8) is 0 Å². The summed E-state index contributed by atoms with van der Waals surface area (Å²) in [5.74, 6) is -0.102. The van der Waals surface area contributed by atoms with Gasteiger partial charge in [0.1, 0.15) is 18.6 Å². The Kier molecular flexibility index (Phi) is 5.44. The van der Waals surface area contributed by atoms with E-state index in [2.05, 4.69) is 36.4 Å². The van der Waals surface area contributed by atoms with Crippen molar-refractivity contribution in [1.29, 1.82) is 0 Å². The average molecular weight is 465 g/mol. The Hall–Kier alpha value is -2.62.